The Hall–Kier alpha value is -2.94. The number of carbonyl (C=O) groups excluding carboxylic acids is 1. The van der Waals surface area contributed by atoms with Gasteiger partial charge in [-0.1, -0.05) is 36.4 Å². The van der Waals surface area contributed by atoms with E-state index in [0.717, 1.165) is 53.8 Å². The summed E-state index contributed by atoms with van der Waals surface area (Å²) in [6.45, 7) is 2.37. The Bertz CT molecular complexity index is 1020. The van der Waals surface area contributed by atoms with Crippen LogP contribution < -0.4 is 20.3 Å². The van der Waals surface area contributed by atoms with Crippen molar-refractivity contribution in [2.75, 3.05) is 31.2 Å². The van der Waals surface area contributed by atoms with Crippen molar-refractivity contribution in [1.29, 1.82) is 0 Å². The molecule has 0 radical (unpaired) electrons. The summed E-state index contributed by atoms with van der Waals surface area (Å²) in [4.78, 5) is 14.8. The van der Waals surface area contributed by atoms with Crippen LogP contribution in [0, 0.1) is 0 Å². The second kappa shape index (κ2) is 11.0. The molecule has 2 heterocycles. The van der Waals surface area contributed by atoms with Crippen molar-refractivity contribution in [2.45, 2.75) is 30.1 Å². The summed E-state index contributed by atoms with van der Waals surface area (Å²) >= 11 is 1.12. The lowest BCUT2D eigenvalue weighted by Gasteiger charge is -2.41. The van der Waals surface area contributed by atoms with Crippen molar-refractivity contribution < 1.29 is 14.7 Å². The topological polar surface area (TPSA) is 91.1 Å². The van der Waals surface area contributed by atoms with Crippen LogP contribution in [0.15, 0.2) is 73.0 Å². The number of methoxy groups -OCH3 is 1. The number of amides is 1. The second-order valence-corrected chi connectivity index (χ2v) is 10.0. The highest BCUT2D eigenvalue weighted by Crippen LogP contribution is 2.39. The van der Waals surface area contributed by atoms with E-state index in [2.05, 4.69) is 16.3 Å². The fourth-order valence-corrected chi connectivity index (χ4v) is 5.31. The molecule has 0 bridgehead atoms. The number of nitrogens with two attached hydrogens (primary N) is 1. The molecule has 2 aromatic carbocycles. The number of hydrogen-bond acceptors (Lipinski definition) is 7. The van der Waals surface area contributed by atoms with Gasteiger partial charge in [0, 0.05) is 19.6 Å². The number of nitrogens with zero attached hydrogens (tertiary/aromatic N) is 2. The molecule has 1 saturated heterocycles. The monoisotopic (exact) mass is 480 g/mol. The highest BCUT2D eigenvalue weighted by atomic mass is 32.2. The third kappa shape index (κ3) is 5.94. The van der Waals surface area contributed by atoms with Crippen molar-refractivity contribution in [3.63, 3.8) is 0 Å². The maximum atomic E-state index is 12.4. The number of primary amides is 1. The lowest BCUT2D eigenvalue weighted by molar-refractivity contribution is -0.121. The Labute approximate surface area is 205 Å². The average molecular weight is 481 g/mol. The summed E-state index contributed by atoms with van der Waals surface area (Å²) < 4.78 is 5.47. The number of likely N-dealkylation sites (tertiary alicyclic amines) is 1. The van der Waals surface area contributed by atoms with Crippen LogP contribution in [0.5, 0.6) is 5.75 Å². The molecule has 1 atom stereocenters. The molecule has 1 unspecified atom stereocenters. The van der Waals surface area contributed by atoms with E-state index in [1.54, 1.807) is 7.11 Å². The van der Waals surface area contributed by atoms with E-state index in [4.69, 9.17) is 10.5 Å². The van der Waals surface area contributed by atoms with Crippen LogP contribution in [0.1, 0.15) is 24.0 Å². The molecule has 0 aromatic heterocycles. The number of anilines is 1. The first-order chi connectivity index (χ1) is 16.5. The maximum absolute atomic E-state index is 12.4. The van der Waals surface area contributed by atoms with Gasteiger partial charge in [-0.15, -0.1) is 0 Å². The molecule has 0 saturated carbocycles. The predicted octanol–water partition coefficient (Wildman–Crippen LogP) is 3.49. The fraction of sp³-hybridized carbons (Fsp3) is 0.346. The number of benzene rings is 2. The number of rotatable bonds is 9. The number of nitrogens with one attached hydrogen (secondary N) is 1. The molecule has 2 aliphatic heterocycles. The van der Waals surface area contributed by atoms with E-state index in [9.17, 15) is 10.0 Å². The van der Waals surface area contributed by atoms with Crippen LogP contribution in [0.3, 0.4) is 0 Å². The van der Waals surface area contributed by atoms with Gasteiger partial charge in [-0.25, -0.2) is 0 Å². The molecule has 1 fully saturated rings. The molecule has 1 amide bonds. The summed E-state index contributed by atoms with van der Waals surface area (Å²) in [6.07, 6.45) is 10.1. The average Bonchev–Trinajstić information content (AvgIpc) is 2.87. The van der Waals surface area contributed by atoms with E-state index in [-0.39, 0.29) is 11.9 Å². The minimum Gasteiger partial charge on any atom is -0.497 e. The molecular formula is C26H32N4O3S. The SMILES string of the molecule is COc1ccc(Cc2ccc(N(O)SC3(C(N)=O)CCN(CC4C=CC=CN4)CC3)cc2)cc1. The minimum atomic E-state index is -0.831. The molecule has 4 rings (SSSR count). The van der Waals surface area contributed by atoms with E-state index in [1.807, 2.05) is 66.9 Å². The van der Waals surface area contributed by atoms with Crippen molar-refractivity contribution in [3.8, 4) is 5.75 Å². The van der Waals surface area contributed by atoms with Crippen LogP contribution in [-0.4, -0.2) is 53.5 Å². The van der Waals surface area contributed by atoms with Crippen molar-refractivity contribution in [1.82, 2.24) is 10.2 Å². The highest BCUT2D eigenvalue weighted by Gasteiger charge is 2.43. The minimum absolute atomic E-state index is 0.268. The first kappa shape index (κ1) is 24.2. The van der Waals surface area contributed by atoms with Gasteiger partial charge >= 0.3 is 0 Å². The molecule has 8 heteroatoms. The molecule has 2 aliphatic rings. The number of ether oxygens (including phenoxy) is 1. The molecule has 0 spiro atoms. The van der Waals surface area contributed by atoms with Crippen LogP contribution in [-0.2, 0) is 11.2 Å². The van der Waals surface area contributed by atoms with Crippen molar-refractivity contribution in [2.24, 2.45) is 5.73 Å². The third-order valence-corrected chi connectivity index (χ3v) is 7.76. The van der Waals surface area contributed by atoms with E-state index >= 15 is 0 Å². The van der Waals surface area contributed by atoms with E-state index in [1.165, 1.54) is 5.56 Å². The lowest BCUT2D eigenvalue weighted by Crippen LogP contribution is -2.53. The quantitative estimate of drug-likeness (QED) is 0.374. The Morgan fingerprint density at radius 1 is 1.15 bits per heavy atom. The van der Waals surface area contributed by atoms with Crippen molar-refractivity contribution >= 4 is 23.5 Å². The molecular weight excluding hydrogens is 448 g/mol. The Morgan fingerprint density at radius 3 is 2.35 bits per heavy atom. The van der Waals surface area contributed by atoms with Crippen molar-refractivity contribution in [3.05, 3.63) is 84.1 Å². The van der Waals surface area contributed by atoms with Crippen LogP contribution in [0.2, 0.25) is 0 Å². The van der Waals surface area contributed by atoms with E-state index in [0.29, 0.717) is 18.5 Å². The van der Waals surface area contributed by atoms with Gasteiger partial charge in [0.2, 0.25) is 5.91 Å². The highest BCUT2D eigenvalue weighted by molar-refractivity contribution is 8.02. The standard InChI is InChI=1S/C26H32N4O3S/c1-33-24-11-7-21(8-12-24)18-20-5-9-23(10-6-20)30(32)34-26(25(27)31)13-16-29(17-14-26)19-22-4-2-3-15-28-22/h2-12,15,22,28,32H,13-14,16-19H2,1H3,(H2,27,31). The number of hydrogen-bond donors (Lipinski definition) is 3. The lowest BCUT2D eigenvalue weighted by atomic mass is 9.94. The smallest absolute Gasteiger partial charge is 0.235 e. The van der Waals surface area contributed by atoms with Gasteiger partial charge in [-0.2, -0.15) is 4.47 Å². The summed E-state index contributed by atoms with van der Waals surface area (Å²) in [5.41, 5.74) is 8.76. The zero-order valence-electron chi connectivity index (χ0n) is 19.4. The van der Waals surface area contributed by atoms with Gasteiger partial charge < -0.3 is 20.7 Å². The first-order valence-electron chi connectivity index (χ1n) is 11.5. The van der Waals surface area contributed by atoms with Gasteiger partial charge in [0.25, 0.3) is 0 Å². The molecule has 180 valence electrons. The molecule has 7 nitrogen and oxygen atoms in total. The second-order valence-electron chi connectivity index (χ2n) is 8.73. The van der Waals surface area contributed by atoms with Gasteiger partial charge in [0.05, 0.1) is 18.8 Å². The van der Waals surface area contributed by atoms with Crippen LogP contribution in [0.25, 0.3) is 0 Å². The van der Waals surface area contributed by atoms with Gasteiger partial charge in [0.1, 0.15) is 10.5 Å². The zero-order valence-corrected chi connectivity index (χ0v) is 20.2. The largest absolute Gasteiger partial charge is 0.497 e. The molecule has 2 aromatic rings. The Morgan fingerprint density at radius 2 is 1.79 bits per heavy atom. The number of carbonyl (C=O) groups is 1. The van der Waals surface area contributed by atoms with Gasteiger partial charge in [-0.3, -0.25) is 10.0 Å². The molecule has 34 heavy (non-hydrogen) atoms. The molecule has 0 aliphatic carbocycles. The van der Waals surface area contributed by atoms with Gasteiger partial charge in [0.15, 0.2) is 0 Å². The first-order valence-corrected chi connectivity index (χ1v) is 12.3. The third-order valence-electron chi connectivity index (χ3n) is 6.41. The van der Waals surface area contributed by atoms with Crippen LogP contribution >= 0.6 is 11.9 Å². The predicted molar refractivity (Wildman–Crippen MR) is 137 cm³/mol. The number of allylic oxidation sites excluding steroid dienone is 2. The summed E-state index contributed by atoms with van der Waals surface area (Å²) in [5.74, 6) is 0.451. The summed E-state index contributed by atoms with van der Waals surface area (Å²) in [6, 6.07) is 16.0. The fourth-order valence-electron chi connectivity index (χ4n) is 4.30. The number of piperidine rings is 1. The Kier molecular flexibility index (Phi) is 7.82. The number of dihydropyridines is 1. The normalized spacial score (nSPS) is 19.4. The summed E-state index contributed by atoms with van der Waals surface area (Å²) in [7, 11) is 1.66. The molecule has 4 N–H and O–H groups in total. The zero-order chi connectivity index (χ0) is 24.0. The van der Waals surface area contributed by atoms with E-state index < -0.39 is 4.75 Å². The van der Waals surface area contributed by atoms with Gasteiger partial charge in [-0.05, 0) is 78.9 Å². The van der Waals surface area contributed by atoms with Crippen LogP contribution in [0.4, 0.5) is 5.69 Å². The maximum Gasteiger partial charge on any atom is 0.235 e. The summed E-state index contributed by atoms with van der Waals surface area (Å²) in [5, 5.41) is 14.1. The Balaban J connectivity index is 1.34.